The number of urea groups is 1. The van der Waals surface area contributed by atoms with Crippen molar-refractivity contribution in [1.29, 1.82) is 0 Å². The Morgan fingerprint density at radius 1 is 1.20 bits per heavy atom. The van der Waals surface area contributed by atoms with Crippen molar-refractivity contribution in [1.82, 2.24) is 10.6 Å². The molecule has 0 saturated heterocycles. The molecule has 3 nitrogen and oxygen atoms in total. The number of nitrogens with one attached hydrogen (secondary N) is 2. The van der Waals surface area contributed by atoms with Crippen molar-refractivity contribution in [2.24, 2.45) is 5.92 Å². The van der Waals surface area contributed by atoms with Gasteiger partial charge in [-0.1, -0.05) is 30.3 Å². The molecule has 80 valence electrons. The molecule has 0 spiro atoms. The maximum absolute atomic E-state index is 11.3. The first-order chi connectivity index (χ1) is 7.34. The summed E-state index contributed by atoms with van der Waals surface area (Å²) in [5, 5.41) is 5.70. The van der Waals surface area contributed by atoms with Crippen LogP contribution < -0.4 is 10.6 Å². The van der Waals surface area contributed by atoms with Crippen molar-refractivity contribution in [3.63, 3.8) is 0 Å². The third-order valence-corrected chi connectivity index (χ3v) is 2.54. The number of rotatable bonds is 4. The highest BCUT2D eigenvalue weighted by Crippen LogP contribution is 2.27. The Hall–Kier alpha value is -1.51. The van der Waals surface area contributed by atoms with E-state index in [0.717, 1.165) is 18.0 Å². The van der Waals surface area contributed by atoms with Crippen molar-refractivity contribution in [3.05, 3.63) is 35.9 Å². The van der Waals surface area contributed by atoms with Gasteiger partial charge >= 0.3 is 6.03 Å². The molecule has 1 fully saturated rings. The van der Waals surface area contributed by atoms with E-state index >= 15 is 0 Å². The molecule has 1 aromatic rings. The number of hydrogen-bond donors (Lipinski definition) is 2. The lowest BCUT2D eigenvalue weighted by atomic mass is 10.2. The van der Waals surface area contributed by atoms with Crippen molar-refractivity contribution < 1.29 is 4.79 Å². The van der Waals surface area contributed by atoms with Crippen LogP contribution >= 0.6 is 0 Å². The standard InChI is InChI=1S/C12H16N2O/c15-12(14-9-11-6-7-11)13-8-10-4-2-1-3-5-10/h1-5,11H,6-9H2,(H2,13,14,15). The Morgan fingerprint density at radius 3 is 2.60 bits per heavy atom. The smallest absolute Gasteiger partial charge is 0.315 e. The Labute approximate surface area is 89.9 Å². The largest absolute Gasteiger partial charge is 0.338 e. The van der Waals surface area contributed by atoms with Crippen molar-refractivity contribution >= 4 is 6.03 Å². The summed E-state index contributed by atoms with van der Waals surface area (Å²) in [7, 11) is 0. The predicted molar refractivity (Wildman–Crippen MR) is 59.4 cm³/mol. The van der Waals surface area contributed by atoms with Crippen LogP contribution in [-0.4, -0.2) is 12.6 Å². The normalized spacial score (nSPS) is 14.7. The quantitative estimate of drug-likeness (QED) is 0.772. The minimum absolute atomic E-state index is 0.0641. The van der Waals surface area contributed by atoms with Crippen molar-refractivity contribution in [2.75, 3.05) is 6.54 Å². The second-order valence-corrected chi connectivity index (χ2v) is 3.99. The van der Waals surface area contributed by atoms with Crippen LogP contribution in [-0.2, 0) is 6.54 Å². The molecule has 0 radical (unpaired) electrons. The van der Waals surface area contributed by atoms with E-state index in [0.29, 0.717) is 6.54 Å². The van der Waals surface area contributed by atoms with Crippen LogP contribution in [0.3, 0.4) is 0 Å². The summed E-state index contributed by atoms with van der Waals surface area (Å²) in [4.78, 5) is 11.3. The SMILES string of the molecule is O=C(NCc1ccccc1)NCC1CC1. The van der Waals surface area contributed by atoms with Gasteiger partial charge in [-0.2, -0.15) is 0 Å². The maximum atomic E-state index is 11.3. The third-order valence-electron chi connectivity index (χ3n) is 2.54. The zero-order valence-corrected chi connectivity index (χ0v) is 8.70. The lowest BCUT2D eigenvalue weighted by molar-refractivity contribution is 0.240. The van der Waals surface area contributed by atoms with Gasteiger partial charge in [-0.3, -0.25) is 0 Å². The number of carbonyl (C=O) groups is 1. The monoisotopic (exact) mass is 204 g/mol. The maximum Gasteiger partial charge on any atom is 0.315 e. The molecule has 0 heterocycles. The van der Waals surface area contributed by atoms with Crippen molar-refractivity contribution in [2.45, 2.75) is 19.4 Å². The minimum Gasteiger partial charge on any atom is -0.338 e. The van der Waals surface area contributed by atoms with Crippen LogP contribution in [0.1, 0.15) is 18.4 Å². The summed E-state index contributed by atoms with van der Waals surface area (Å²) in [6, 6.07) is 9.85. The minimum atomic E-state index is -0.0641. The lowest BCUT2D eigenvalue weighted by Crippen LogP contribution is -2.36. The molecule has 0 bridgehead atoms. The fourth-order valence-corrected chi connectivity index (χ4v) is 1.40. The first-order valence-corrected chi connectivity index (χ1v) is 5.40. The van der Waals surface area contributed by atoms with E-state index in [-0.39, 0.29) is 6.03 Å². The van der Waals surface area contributed by atoms with E-state index in [1.165, 1.54) is 12.8 Å². The summed E-state index contributed by atoms with van der Waals surface area (Å²) in [6.45, 7) is 1.41. The highest BCUT2D eigenvalue weighted by Gasteiger charge is 2.21. The number of hydrogen-bond acceptors (Lipinski definition) is 1. The van der Waals surface area contributed by atoms with E-state index in [9.17, 15) is 4.79 Å². The topological polar surface area (TPSA) is 41.1 Å². The Kier molecular flexibility index (Phi) is 3.22. The van der Waals surface area contributed by atoms with E-state index < -0.39 is 0 Å². The van der Waals surface area contributed by atoms with Gasteiger partial charge in [-0.05, 0) is 24.3 Å². The summed E-state index contributed by atoms with van der Waals surface area (Å²) in [5.41, 5.74) is 1.12. The van der Waals surface area contributed by atoms with Gasteiger partial charge < -0.3 is 10.6 Å². The lowest BCUT2D eigenvalue weighted by Gasteiger charge is -2.06. The first-order valence-electron chi connectivity index (χ1n) is 5.40. The van der Waals surface area contributed by atoms with Gasteiger partial charge in [-0.15, -0.1) is 0 Å². The molecule has 0 aliphatic heterocycles. The van der Waals surface area contributed by atoms with E-state index in [2.05, 4.69) is 10.6 Å². The third kappa shape index (κ3) is 3.62. The zero-order valence-electron chi connectivity index (χ0n) is 8.70. The van der Waals surface area contributed by atoms with Gasteiger partial charge in [0.25, 0.3) is 0 Å². The zero-order chi connectivity index (χ0) is 10.5. The number of carbonyl (C=O) groups excluding carboxylic acids is 1. The number of benzene rings is 1. The van der Waals surface area contributed by atoms with Gasteiger partial charge in [0.15, 0.2) is 0 Å². The average molecular weight is 204 g/mol. The molecule has 2 amide bonds. The van der Waals surface area contributed by atoms with Crippen molar-refractivity contribution in [3.8, 4) is 0 Å². The van der Waals surface area contributed by atoms with Gasteiger partial charge in [0, 0.05) is 13.1 Å². The van der Waals surface area contributed by atoms with Crippen LogP contribution in [0.15, 0.2) is 30.3 Å². The van der Waals surface area contributed by atoms with E-state index in [1.54, 1.807) is 0 Å². The predicted octanol–water partition coefficient (Wildman–Crippen LogP) is 1.90. The second-order valence-electron chi connectivity index (χ2n) is 3.99. The molecular formula is C12H16N2O. The highest BCUT2D eigenvalue weighted by molar-refractivity contribution is 5.73. The van der Waals surface area contributed by atoms with Crippen LogP contribution in [0.25, 0.3) is 0 Å². The summed E-state index contributed by atoms with van der Waals surface area (Å²) < 4.78 is 0. The number of amides is 2. The fourth-order valence-electron chi connectivity index (χ4n) is 1.40. The van der Waals surface area contributed by atoms with Crippen LogP contribution in [0.5, 0.6) is 0 Å². The van der Waals surface area contributed by atoms with Crippen LogP contribution in [0, 0.1) is 5.92 Å². The van der Waals surface area contributed by atoms with E-state index in [1.807, 2.05) is 30.3 Å². The fraction of sp³-hybridized carbons (Fsp3) is 0.417. The summed E-state index contributed by atoms with van der Waals surface area (Å²) in [6.07, 6.45) is 2.53. The first kappa shape index (κ1) is 10.0. The molecular weight excluding hydrogens is 188 g/mol. The Balaban J connectivity index is 1.66. The molecule has 1 aliphatic carbocycles. The molecule has 1 saturated carbocycles. The molecule has 0 atom stereocenters. The molecule has 3 heteroatoms. The highest BCUT2D eigenvalue weighted by atomic mass is 16.2. The molecule has 15 heavy (non-hydrogen) atoms. The van der Waals surface area contributed by atoms with Crippen LogP contribution in [0.2, 0.25) is 0 Å². The Morgan fingerprint density at radius 2 is 1.93 bits per heavy atom. The molecule has 1 aliphatic rings. The average Bonchev–Trinajstić information content (AvgIpc) is 3.09. The molecule has 0 unspecified atom stereocenters. The van der Waals surface area contributed by atoms with Gasteiger partial charge in [0.1, 0.15) is 0 Å². The van der Waals surface area contributed by atoms with Gasteiger partial charge in [-0.25, -0.2) is 4.79 Å². The van der Waals surface area contributed by atoms with E-state index in [4.69, 9.17) is 0 Å². The summed E-state index contributed by atoms with van der Waals surface area (Å²) in [5.74, 6) is 0.729. The molecule has 2 rings (SSSR count). The summed E-state index contributed by atoms with van der Waals surface area (Å²) >= 11 is 0. The second kappa shape index (κ2) is 4.82. The van der Waals surface area contributed by atoms with Gasteiger partial charge in [0.2, 0.25) is 0 Å². The van der Waals surface area contributed by atoms with Crippen LogP contribution in [0.4, 0.5) is 4.79 Å². The molecule has 0 aromatic heterocycles. The van der Waals surface area contributed by atoms with Gasteiger partial charge in [0.05, 0.1) is 0 Å². The Bertz CT molecular complexity index is 320. The molecule has 1 aromatic carbocycles. The molecule has 2 N–H and O–H groups in total.